The number of methoxy groups -OCH3 is 1. The van der Waals surface area contributed by atoms with Gasteiger partial charge in [-0.15, -0.1) is 0 Å². The average molecular weight is 208 g/mol. The van der Waals surface area contributed by atoms with Gasteiger partial charge in [0.1, 0.15) is 11.4 Å². The summed E-state index contributed by atoms with van der Waals surface area (Å²) >= 11 is 0. The average Bonchev–Trinajstić information content (AvgIpc) is 2.13. The van der Waals surface area contributed by atoms with Crippen molar-refractivity contribution < 1.29 is 14.6 Å². The number of aliphatic hydroxyl groups is 1. The van der Waals surface area contributed by atoms with Crippen LogP contribution in [0.1, 0.15) is 16.7 Å². The summed E-state index contributed by atoms with van der Waals surface area (Å²) in [5.41, 5.74) is 2.19. The lowest BCUT2D eigenvalue weighted by Gasteiger charge is -2.38. The molecule has 0 bridgehead atoms. The number of ether oxygens (including phenoxy) is 2. The molecule has 0 spiro atoms. The maximum atomic E-state index is 10.3. The Morgan fingerprint density at radius 2 is 2.00 bits per heavy atom. The second-order valence-corrected chi connectivity index (χ2v) is 4.18. The van der Waals surface area contributed by atoms with E-state index < -0.39 is 5.60 Å². The molecule has 0 saturated carbocycles. The van der Waals surface area contributed by atoms with Crippen LogP contribution < -0.4 is 4.74 Å². The van der Waals surface area contributed by atoms with Crippen molar-refractivity contribution in [3.63, 3.8) is 0 Å². The van der Waals surface area contributed by atoms with E-state index in [-0.39, 0.29) is 0 Å². The Balaban J connectivity index is 2.53. The predicted molar refractivity (Wildman–Crippen MR) is 57.2 cm³/mol. The SMILES string of the molecule is COc1cc(C)cc(C)c1C1(O)COC1. The quantitative estimate of drug-likeness (QED) is 0.801. The van der Waals surface area contributed by atoms with Crippen molar-refractivity contribution in [3.05, 3.63) is 28.8 Å². The molecule has 1 aromatic rings. The van der Waals surface area contributed by atoms with Gasteiger partial charge in [-0.05, 0) is 31.0 Å². The summed E-state index contributed by atoms with van der Waals surface area (Å²) in [6.45, 7) is 4.71. The first kappa shape index (κ1) is 10.5. The van der Waals surface area contributed by atoms with E-state index in [2.05, 4.69) is 0 Å². The van der Waals surface area contributed by atoms with Crippen LogP contribution in [0.15, 0.2) is 12.1 Å². The van der Waals surface area contributed by atoms with Crippen molar-refractivity contribution in [1.82, 2.24) is 0 Å². The van der Waals surface area contributed by atoms with Gasteiger partial charge in [-0.25, -0.2) is 0 Å². The first-order chi connectivity index (χ1) is 7.07. The summed E-state index contributed by atoms with van der Waals surface area (Å²) < 4.78 is 10.4. The molecule has 3 heteroatoms. The maximum Gasteiger partial charge on any atom is 0.140 e. The van der Waals surface area contributed by atoms with E-state index in [9.17, 15) is 5.11 Å². The van der Waals surface area contributed by atoms with Gasteiger partial charge in [0.15, 0.2) is 0 Å². The molecule has 1 N–H and O–H groups in total. The second kappa shape index (κ2) is 3.51. The first-order valence-electron chi connectivity index (χ1n) is 5.03. The molecule has 15 heavy (non-hydrogen) atoms. The first-order valence-corrected chi connectivity index (χ1v) is 5.03. The highest BCUT2D eigenvalue weighted by Gasteiger charge is 2.41. The van der Waals surface area contributed by atoms with E-state index in [0.717, 1.165) is 22.4 Å². The van der Waals surface area contributed by atoms with Crippen molar-refractivity contribution >= 4 is 0 Å². The highest BCUT2D eigenvalue weighted by Crippen LogP contribution is 2.38. The van der Waals surface area contributed by atoms with E-state index in [0.29, 0.717) is 13.2 Å². The second-order valence-electron chi connectivity index (χ2n) is 4.18. The third-order valence-corrected chi connectivity index (χ3v) is 2.81. The summed E-state index contributed by atoms with van der Waals surface area (Å²) in [4.78, 5) is 0. The molecule has 1 heterocycles. The topological polar surface area (TPSA) is 38.7 Å². The van der Waals surface area contributed by atoms with Gasteiger partial charge >= 0.3 is 0 Å². The number of rotatable bonds is 2. The lowest BCUT2D eigenvalue weighted by atomic mass is 9.87. The molecule has 0 aromatic heterocycles. The van der Waals surface area contributed by atoms with E-state index >= 15 is 0 Å². The third-order valence-electron chi connectivity index (χ3n) is 2.81. The largest absolute Gasteiger partial charge is 0.496 e. The van der Waals surface area contributed by atoms with Crippen molar-refractivity contribution in [3.8, 4) is 5.75 Å². The van der Waals surface area contributed by atoms with Gasteiger partial charge in [-0.1, -0.05) is 6.07 Å². The Hall–Kier alpha value is -1.06. The van der Waals surface area contributed by atoms with E-state index in [1.165, 1.54) is 0 Å². The lowest BCUT2D eigenvalue weighted by Crippen LogP contribution is -2.47. The minimum Gasteiger partial charge on any atom is -0.496 e. The Bertz CT molecular complexity index is 381. The molecule has 1 aliphatic rings. The van der Waals surface area contributed by atoms with Crippen LogP contribution in [0.5, 0.6) is 5.75 Å². The highest BCUT2D eigenvalue weighted by atomic mass is 16.5. The summed E-state index contributed by atoms with van der Waals surface area (Å²) in [7, 11) is 1.63. The molecule has 1 saturated heterocycles. The standard InChI is InChI=1S/C12H16O3/c1-8-4-9(2)11(10(5-8)14-3)12(13)6-15-7-12/h4-5,13H,6-7H2,1-3H3. The van der Waals surface area contributed by atoms with Gasteiger partial charge in [0.2, 0.25) is 0 Å². The van der Waals surface area contributed by atoms with Crippen LogP contribution in [0.2, 0.25) is 0 Å². The van der Waals surface area contributed by atoms with Crippen molar-refractivity contribution in [2.45, 2.75) is 19.4 Å². The van der Waals surface area contributed by atoms with Crippen LogP contribution >= 0.6 is 0 Å². The molecule has 0 atom stereocenters. The number of benzene rings is 1. The smallest absolute Gasteiger partial charge is 0.140 e. The van der Waals surface area contributed by atoms with Crippen LogP contribution in [0.3, 0.4) is 0 Å². The molecule has 82 valence electrons. The van der Waals surface area contributed by atoms with Crippen LogP contribution in [0, 0.1) is 13.8 Å². The van der Waals surface area contributed by atoms with Crippen LogP contribution in [-0.4, -0.2) is 25.4 Å². The molecule has 1 fully saturated rings. The predicted octanol–water partition coefficient (Wildman–Crippen LogP) is 1.53. The van der Waals surface area contributed by atoms with Gasteiger partial charge < -0.3 is 14.6 Å². The highest BCUT2D eigenvalue weighted by molar-refractivity contribution is 5.47. The van der Waals surface area contributed by atoms with Crippen molar-refractivity contribution in [1.29, 1.82) is 0 Å². The van der Waals surface area contributed by atoms with Gasteiger partial charge in [0.25, 0.3) is 0 Å². The van der Waals surface area contributed by atoms with Gasteiger partial charge in [0.05, 0.1) is 20.3 Å². The normalized spacial score (nSPS) is 18.4. The number of hydrogen-bond acceptors (Lipinski definition) is 3. The lowest BCUT2D eigenvalue weighted by molar-refractivity contribution is -0.185. The van der Waals surface area contributed by atoms with Gasteiger partial charge in [0, 0.05) is 5.56 Å². The molecule has 3 nitrogen and oxygen atoms in total. The summed E-state index contributed by atoms with van der Waals surface area (Å²) in [5, 5.41) is 10.3. The van der Waals surface area contributed by atoms with E-state index in [1.807, 2.05) is 26.0 Å². The molecule has 0 amide bonds. The summed E-state index contributed by atoms with van der Waals surface area (Å²) in [6, 6.07) is 3.99. The van der Waals surface area contributed by atoms with Crippen LogP contribution in [-0.2, 0) is 10.3 Å². The van der Waals surface area contributed by atoms with Crippen LogP contribution in [0.4, 0.5) is 0 Å². The Labute approximate surface area is 89.6 Å². The molecular weight excluding hydrogens is 192 g/mol. The van der Waals surface area contributed by atoms with Crippen molar-refractivity contribution in [2.24, 2.45) is 0 Å². The van der Waals surface area contributed by atoms with Crippen molar-refractivity contribution in [2.75, 3.05) is 20.3 Å². The van der Waals surface area contributed by atoms with E-state index in [4.69, 9.17) is 9.47 Å². The minimum absolute atomic E-state index is 0.354. The fourth-order valence-electron chi connectivity index (χ4n) is 2.13. The molecule has 0 unspecified atom stereocenters. The zero-order valence-corrected chi connectivity index (χ0v) is 9.33. The number of aryl methyl sites for hydroxylation is 2. The fraction of sp³-hybridized carbons (Fsp3) is 0.500. The zero-order chi connectivity index (χ0) is 11.1. The fourth-order valence-corrected chi connectivity index (χ4v) is 2.13. The Kier molecular flexibility index (Phi) is 2.44. The Morgan fingerprint density at radius 3 is 2.47 bits per heavy atom. The third kappa shape index (κ3) is 1.62. The molecule has 1 aromatic carbocycles. The number of hydrogen-bond donors (Lipinski definition) is 1. The molecule has 2 rings (SSSR count). The Morgan fingerprint density at radius 1 is 1.33 bits per heavy atom. The van der Waals surface area contributed by atoms with Gasteiger partial charge in [-0.2, -0.15) is 0 Å². The molecular formula is C12H16O3. The van der Waals surface area contributed by atoms with Crippen LogP contribution in [0.25, 0.3) is 0 Å². The monoisotopic (exact) mass is 208 g/mol. The molecule has 1 aliphatic heterocycles. The zero-order valence-electron chi connectivity index (χ0n) is 9.33. The molecule has 0 aliphatic carbocycles. The summed E-state index contributed by atoms with van der Waals surface area (Å²) in [5.74, 6) is 0.748. The van der Waals surface area contributed by atoms with E-state index in [1.54, 1.807) is 7.11 Å². The maximum absolute atomic E-state index is 10.3. The summed E-state index contributed by atoms with van der Waals surface area (Å²) in [6.07, 6.45) is 0. The minimum atomic E-state index is -0.858. The molecule has 0 radical (unpaired) electrons. The van der Waals surface area contributed by atoms with Gasteiger partial charge in [-0.3, -0.25) is 0 Å².